The zero-order valence-electron chi connectivity index (χ0n) is 15.6. The lowest BCUT2D eigenvalue weighted by atomic mass is 9.90. The van der Waals surface area contributed by atoms with Crippen molar-refractivity contribution in [3.05, 3.63) is 81.2 Å². The molecule has 3 aromatic rings. The Morgan fingerprint density at radius 1 is 1.04 bits per heavy atom. The Kier molecular flexibility index (Phi) is 4.12. The van der Waals surface area contributed by atoms with Crippen LogP contribution in [0.3, 0.4) is 0 Å². The highest BCUT2D eigenvalue weighted by atomic mass is 16.4. The lowest BCUT2D eigenvalue weighted by molar-refractivity contribution is 0.104. The summed E-state index contributed by atoms with van der Waals surface area (Å²) in [6, 6.07) is 13.4. The molecule has 1 aromatic heterocycles. The van der Waals surface area contributed by atoms with Crippen LogP contribution in [0.15, 0.2) is 57.8 Å². The maximum Gasteiger partial charge on any atom is 0.347 e. The number of benzene rings is 2. The van der Waals surface area contributed by atoms with E-state index in [0.29, 0.717) is 5.58 Å². The molecular formula is C24H21NO3. The molecule has 4 heteroatoms. The molecule has 0 unspecified atom stereocenters. The first-order valence-corrected chi connectivity index (χ1v) is 9.86. The van der Waals surface area contributed by atoms with Crippen LogP contribution in [0.25, 0.3) is 17.0 Å². The molecule has 0 amide bonds. The minimum atomic E-state index is -0.556. The van der Waals surface area contributed by atoms with Crippen molar-refractivity contribution in [2.45, 2.75) is 25.7 Å². The van der Waals surface area contributed by atoms with Crippen molar-refractivity contribution < 1.29 is 9.21 Å². The van der Waals surface area contributed by atoms with E-state index in [1.54, 1.807) is 12.1 Å². The van der Waals surface area contributed by atoms with Gasteiger partial charge in [-0.2, -0.15) is 0 Å². The van der Waals surface area contributed by atoms with E-state index in [-0.39, 0.29) is 11.3 Å². The number of nitrogens with zero attached hydrogens (tertiary/aromatic N) is 1. The molecule has 4 nitrogen and oxygen atoms in total. The Labute approximate surface area is 163 Å². The summed E-state index contributed by atoms with van der Waals surface area (Å²) in [5.74, 6) is -0.326. The molecular weight excluding hydrogens is 350 g/mol. The van der Waals surface area contributed by atoms with Crippen molar-refractivity contribution in [3.8, 4) is 0 Å². The third-order valence-electron chi connectivity index (χ3n) is 5.71. The van der Waals surface area contributed by atoms with E-state index in [0.717, 1.165) is 55.3 Å². The molecule has 0 saturated heterocycles. The number of ketones is 1. The lowest BCUT2D eigenvalue weighted by Gasteiger charge is -2.37. The van der Waals surface area contributed by atoms with E-state index in [1.165, 1.54) is 17.3 Å². The summed E-state index contributed by atoms with van der Waals surface area (Å²) in [6.45, 7) is 2.13. The lowest BCUT2D eigenvalue weighted by Crippen LogP contribution is -2.34. The Balaban J connectivity index is 1.59. The zero-order chi connectivity index (χ0) is 19.1. The number of fused-ring (bicyclic) bond motifs is 2. The smallest absolute Gasteiger partial charge is 0.347 e. The number of anilines is 1. The average Bonchev–Trinajstić information content (AvgIpc) is 2.73. The zero-order valence-corrected chi connectivity index (χ0v) is 15.6. The summed E-state index contributed by atoms with van der Waals surface area (Å²) in [4.78, 5) is 27.6. The van der Waals surface area contributed by atoms with Crippen LogP contribution in [0.2, 0.25) is 0 Å². The van der Waals surface area contributed by atoms with Crippen LogP contribution in [0.5, 0.6) is 0 Å². The summed E-state index contributed by atoms with van der Waals surface area (Å²) in [5, 5.41) is 0.855. The first kappa shape index (κ1) is 17.0. The van der Waals surface area contributed by atoms with E-state index in [9.17, 15) is 9.59 Å². The molecule has 0 spiro atoms. The van der Waals surface area contributed by atoms with Gasteiger partial charge in [-0.25, -0.2) is 4.79 Å². The average molecular weight is 371 g/mol. The van der Waals surface area contributed by atoms with Crippen LogP contribution in [-0.4, -0.2) is 18.9 Å². The Morgan fingerprint density at radius 3 is 2.64 bits per heavy atom. The standard InChI is InChI=1S/C24H21NO3/c26-21(11-10-16-6-2-1-3-7-16)20-15-18-14-17-8-4-12-25-13-5-9-19(22(17)25)23(18)28-24(20)27/h1-3,6-7,10-11,14-15H,4-5,8-9,12-13H2/b11-10+. The van der Waals surface area contributed by atoms with Gasteiger partial charge >= 0.3 is 5.63 Å². The topological polar surface area (TPSA) is 50.5 Å². The fraction of sp³-hybridized carbons (Fsp3) is 0.250. The molecule has 0 aliphatic carbocycles. The molecule has 0 fully saturated rings. The third-order valence-corrected chi connectivity index (χ3v) is 5.71. The fourth-order valence-corrected chi connectivity index (χ4v) is 4.44. The number of carbonyl (C=O) groups excluding carboxylic acids is 1. The van der Waals surface area contributed by atoms with Gasteiger partial charge in [0.1, 0.15) is 11.1 Å². The van der Waals surface area contributed by atoms with Crippen molar-refractivity contribution in [1.29, 1.82) is 0 Å². The number of aryl methyl sites for hydroxylation is 2. The number of hydrogen-bond donors (Lipinski definition) is 0. The van der Waals surface area contributed by atoms with Crippen molar-refractivity contribution in [1.82, 2.24) is 0 Å². The summed E-state index contributed by atoms with van der Waals surface area (Å²) in [6.07, 6.45) is 7.32. The Bertz CT molecular complexity index is 1160. The van der Waals surface area contributed by atoms with Crippen molar-refractivity contribution >= 4 is 28.5 Å². The van der Waals surface area contributed by atoms with Gasteiger partial charge in [0.2, 0.25) is 0 Å². The van der Waals surface area contributed by atoms with Crippen LogP contribution in [0, 0.1) is 0 Å². The highest BCUT2D eigenvalue weighted by Crippen LogP contribution is 2.39. The van der Waals surface area contributed by atoms with E-state index < -0.39 is 5.63 Å². The van der Waals surface area contributed by atoms with Gasteiger partial charge in [0.05, 0.1) is 0 Å². The molecule has 0 bridgehead atoms. The molecule has 2 aliphatic rings. The first-order valence-electron chi connectivity index (χ1n) is 9.86. The minimum Gasteiger partial charge on any atom is -0.422 e. The molecule has 0 radical (unpaired) electrons. The molecule has 0 saturated carbocycles. The molecule has 0 atom stereocenters. The highest BCUT2D eigenvalue weighted by molar-refractivity contribution is 6.08. The van der Waals surface area contributed by atoms with Crippen LogP contribution in [0.4, 0.5) is 5.69 Å². The van der Waals surface area contributed by atoms with Gasteiger partial charge in [-0.1, -0.05) is 36.4 Å². The van der Waals surface area contributed by atoms with Gasteiger partial charge in [-0.15, -0.1) is 0 Å². The van der Waals surface area contributed by atoms with Crippen LogP contribution >= 0.6 is 0 Å². The molecule has 0 N–H and O–H groups in total. The summed E-state index contributed by atoms with van der Waals surface area (Å²) in [7, 11) is 0. The van der Waals surface area contributed by atoms with Crippen LogP contribution < -0.4 is 10.5 Å². The molecule has 140 valence electrons. The van der Waals surface area contributed by atoms with E-state index >= 15 is 0 Å². The molecule has 2 aliphatic heterocycles. The quantitative estimate of drug-likeness (QED) is 0.389. The largest absolute Gasteiger partial charge is 0.422 e. The van der Waals surface area contributed by atoms with Gasteiger partial charge in [0.25, 0.3) is 0 Å². The fourth-order valence-electron chi connectivity index (χ4n) is 4.44. The first-order chi connectivity index (χ1) is 13.7. The predicted molar refractivity (Wildman–Crippen MR) is 111 cm³/mol. The SMILES string of the molecule is O=C(/C=C/c1ccccc1)c1cc2cc3c4c(c2oc1=O)CCCN4CCC3. The number of hydrogen-bond acceptors (Lipinski definition) is 4. The van der Waals surface area contributed by atoms with Crippen molar-refractivity contribution in [2.24, 2.45) is 0 Å². The van der Waals surface area contributed by atoms with Gasteiger partial charge in [0.15, 0.2) is 5.78 Å². The predicted octanol–water partition coefficient (Wildman–Crippen LogP) is 4.39. The summed E-state index contributed by atoms with van der Waals surface area (Å²) >= 11 is 0. The Morgan fingerprint density at radius 2 is 1.82 bits per heavy atom. The van der Waals surface area contributed by atoms with Gasteiger partial charge < -0.3 is 9.32 Å². The number of allylic oxidation sites excluding steroid dienone is 1. The van der Waals surface area contributed by atoms with Crippen LogP contribution in [0.1, 0.15) is 39.9 Å². The van der Waals surface area contributed by atoms with Crippen molar-refractivity contribution in [2.75, 3.05) is 18.0 Å². The van der Waals surface area contributed by atoms with E-state index in [2.05, 4.69) is 11.0 Å². The minimum absolute atomic E-state index is 0.0929. The maximum absolute atomic E-state index is 12.6. The second-order valence-electron chi connectivity index (χ2n) is 7.53. The van der Waals surface area contributed by atoms with E-state index in [1.807, 2.05) is 30.3 Å². The normalized spacial score (nSPS) is 15.8. The van der Waals surface area contributed by atoms with Crippen LogP contribution in [-0.2, 0) is 12.8 Å². The maximum atomic E-state index is 12.6. The molecule has 3 heterocycles. The number of carbonyl (C=O) groups is 1. The molecule has 28 heavy (non-hydrogen) atoms. The highest BCUT2D eigenvalue weighted by Gasteiger charge is 2.27. The molecule has 2 aromatic carbocycles. The van der Waals surface area contributed by atoms with Crippen molar-refractivity contribution in [3.63, 3.8) is 0 Å². The van der Waals surface area contributed by atoms with Gasteiger partial charge in [-0.05, 0) is 55.0 Å². The molecule has 5 rings (SSSR count). The summed E-state index contributed by atoms with van der Waals surface area (Å²) in [5.41, 5.74) is 4.80. The second-order valence-corrected chi connectivity index (χ2v) is 7.53. The third kappa shape index (κ3) is 2.85. The Hall–Kier alpha value is -3.14. The van der Waals surface area contributed by atoms with Gasteiger partial charge in [0, 0.05) is 29.7 Å². The monoisotopic (exact) mass is 371 g/mol. The number of rotatable bonds is 3. The van der Waals surface area contributed by atoms with Gasteiger partial charge in [-0.3, -0.25) is 4.79 Å². The van der Waals surface area contributed by atoms with E-state index in [4.69, 9.17) is 4.42 Å². The second kappa shape index (κ2) is 6.79. The summed E-state index contributed by atoms with van der Waals surface area (Å²) < 4.78 is 5.70.